The van der Waals surface area contributed by atoms with Gasteiger partial charge in [-0.3, -0.25) is 9.88 Å². The highest BCUT2D eigenvalue weighted by Crippen LogP contribution is 2.24. The number of nitriles is 1. The maximum atomic E-state index is 9.39. The highest BCUT2D eigenvalue weighted by molar-refractivity contribution is 5.61. The molecule has 21 heavy (non-hydrogen) atoms. The minimum absolute atomic E-state index is 0.733. The number of aromatic nitrogens is 1. The van der Waals surface area contributed by atoms with E-state index < -0.39 is 0 Å². The standard InChI is InChI=1S/C17H26N4/c1-13(2)5-6-20-7-9-21(10-8-20)17-11-14(3)19-15(4)16(17)12-18/h11,13H,5-10H2,1-4H3. The van der Waals surface area contributed by atoms with Gasteiger partial charge in [0.05, 0.1) is 16.9 Å². The minimum Gasteiger partial charge on any atom is -0.368 e. The van der Waals surface area contributed by atoms with E-state index in [0.717, 1.165) is 54.7 Å². The molecule has 0 N–H and O–H groups in total. The van der Waals surface area contributed by atoms with Crippen LogP contribution in [0.5, 0.6) is 0 Å². The first kappa shape index (κ1) is 15.8. The van der Waals surface area contributed by atoms with Gasteiger partial charge in [0.15, 0.2) is 0 Å². The molecular formula is C17H26N4. The summed E-state index contributed by atoms with van der Waals surface area (Å²) in [6, 6.07) is 4.37. The fourth-order valence-electron chi connectivity index (χ4n) is 2.85. The number of hydrogen-bond acceptors (Lipinski definition) is 4. The van der Waals surface area contributed by atoms with E-state index in [-0.39, 0.29) is 0 Å². The molecule has 1 aliphatic rings. The average Bonchev–Trinajstić information content (AvgIpc) is 2.45. The summed E-state index contributed by atoms with van der Waals surface area (Å²) in [6.45, 7) is 13.8. The Morgan fingerprint density at radius 2 is 1.90 bits per heavy atom. The van der Waals surface area contributed by atoms with Gasteiger partial charge in [0, 0.05) is 31.9 Å². The fraction of sp³-hybridized carbons (Fsp3) is 0.647. The summed E-state index contributed by atoms with van der Waals surface area (Å²) in [5, 5.41) is 9.39. The average molecular weight is 286 g/mol. The number of piperazine rings is 1. The van der Waals surface area contributed by atoms with Crippen molar-refractivity contribution in [2.75, 3.05) is 37.6 Å². The van der Waals surface area contributed by atoms with Gasteiger partial charge in [-0.05, 0) is 38.8 Å². The number of aryl methyl sites for hydroxylation is 2. The fourth-order valence-corrected chi connectivity index (χ4v) is 2.85. The highest BCUT2D eigenvalue weighted by atomic mass is 15.3. The number of hydrogen-bond donors (Lipinski definition) is 0. The smallest absolute Gasteiger partial charge is 0.103 e. The molecule has 0 spiro atoms. The van der Waals surface area contributed by atoms with Crippen LogP contribution in [0.2, 0.25) is 0 Å². The van der Waals surface area contributed by atoms with Gasteiger partial charge in [0.1, 0.15) is 6.07 Å². The van der Waals surface area contributed by atoms with E-state index in [1.54, 1.807) is 0 Å². The second-order valence-corrected chi connectivity index (χ2v) is 6.37. The molecule has 4 nitrogen and oxygen atoms in total. The summed E-state index contributed by atoms with van der Waals surface area (Å²) in [5.41, 5.74) is 3.63. The third-order valence-electron chi connectivity index (χ3n) is 4.16. The molecule has 0 atom stereocenters. The Hall–Kier alpha value is -1.60. The van der Waals surface area contributed by atoms with Crippen LogP contribution in [0.15, 0.2) is 6.07 Å². The van der Waals surface area contributed by atoms with Crippen LogP contribution in [0.1, 0.15) is 37.2 Å². The Labute approximate surface area is 128 Å². The van der Waals surface area contributed by atoms with Gasteiger partial charge in [-0.1, -0.05) is 13.8 Å². The molecule has 0 aromatic carbocycles. The summed E-state index contributed by atoms with van der Waals surface area (Å²) in [6.07, 6.45) is 1.26. The van der Waals surface area contributed by atoms with Crippen LogP contribution < -0.4 is 4.90 Å². The molecule has 0 amide bonds. The van der Waals surface area contributed by atoms with Gasteiger partial charge in [-0.2, -0.15) is 5.26 Å². The molecule has 2 rings (SSSR count). The van der Waals surface area contributed by atoms with Gasteiger partial charge in [-0.25, -0.2) is 0 Å². The molecule has 1 saturated heterocycles. The number of anilines is 1. The van der Waals surface area contributed by atoms with Gasteiger partial charge in [0.2, 0.25) is 0 Å². The van der Waals surface area contributed by atoms with Crippen LogP contribution in [0.4, 0.5) is 5.69 Å². The van der Waals surface area contributed by atoms with Crippen molar-refractivity contribution in [3.63, 3.8) is 0 Å². The molecule has 0 aliphatic carbocycles. The van der Waals surface area contributed by atoms with Crippen molar-refractivity contribution in [3.8, 4) is 6.07 Å². The molecule has 4 heteroatoms. The van der Waals surface area contributed by atoms with E-state index >= 15 is 0 Å². The van der Waals surface area contributed by atoms with E-state index in [1.807, 2.05) is 13.8 Å². The Morgan fingerprint density at radius 3 is 2.48 bits per heavy atom. The molecule has 1 aromatic rings. The summed E-state index contributed by atoms with van der Waals surface area (Å²) in [7, 11) is 0. The highest BCUT2D eigenvalue weighted by Gasteiger charge is 2.20. The monoisotopic (exact) mass is 286 g/mol. The van der Waals surface area contributed by atoms with Crippen LogP contribution >= 0.6 is 0 Å². The molecule has 1 aliphatic heterocycles. The zero-order valence-corrected chi connectivity index (χ0v) is 13.7. The van der Waals surface area contributed by atoms with Gasteiger partial charge < -0.3 is 4.90 Å². The number of pyridine rings is 1. The molecule has 0 unspecified atom stereocenters. The Bertz CT molecular complexity index is 522. The third-order valence-corrected chi connectivity index (χ3v) is 4.16. The second kappa shape index (κ2) is 6.91. The van der Waals surface area contributed by atoms with E-state index in [4.69, 9.17) is 0 Å². The Kier molecular flexibility index (Phi) is 5.19. The zero-order chi connectivity index (χ0) is 15.4. The van der Waals surface area contributed by atoms with Crippen molar-refractivity contribution < 1.29 is 0 Å². The van der Waals surface area contributed by atoms with Gasteiger partial charge in [-0.15, -0.1) is 0 Å². The first-order valence-electron chi connectivity index (χ1n) is 7.87. The lowest BCUT2D eigenvalue weighted by Crippen LogP contribution is -2.47. The van der Waals surface area contributed by atoms with Crippen LogP contribution in [-0.2, 0) is 0 Å². The van der Waals surface area contributed by atoms with Crippen LogP contribution in [0, 0.1) is 31.1 Å². The summed E-state index contributed by atoms with van der Waals surface area (Å²) >= 11 is 0. The molecule has 114 valence electrons. The SMILES string of the molecule is Cc1cc(N2CCN(CCC(C)C)CC2)c(C#N)c(C)n1. The van der Waals surface area contributed by atoms with Crippen molar-refractivity contribution in [2.45, 2.75) is 34.1 Å². The maximum Gasteiger partial charge on any atom is 0.103 e. The normalized spacial score (nSPS) is 16.3. The first-order chi connectivity index (χ1) is 10.0. The quantitative estimate of drug-likeness (QED) is 0.853. The number of rotatable bonds is 4. The van der Waals surface area contributed by atoms with Crippen molar-refractivity contribution in [1.29, 1.82) is 5.26 Å². The largest absolute Gasteiger partial charge is 0.368 e. The lowest BCUT2D eigenvalue weighted by atomic mass is 10.1. The second-order valence-electron chi connectivity index (χ2n) is 6.37. The van der Waals surface area contributed by atoms with Crippen molar-refractivity contribution >= 4 is 5.69 Å². The number of nitrogens with zero attached hydrogens (tertiary/aromatic N) is 4. The van der Waals surface area contributed by atoms with Crippen LogP contribution in [-0.4, -0.2) is 42.6 Å². The topological polar surface area (TPSA) is 43.2 Å². The maximum absolute atomic E-state index is 9.39. The Morgan fingerprint density at radius 1 is 1.24 bits per heavy atom. The molecule has 2 heterocycles. The van der Waals surface area contributed by atoms with Crippen molar-refractivity contribution in [2.24, 2.45) is 5.92 Å². The minimum atomic E-state index is 0.733. The van der Waals surface area contributed by atoms with E-state index in [2.05, 4.69) is 40.8 Å². The third kappa shape index (κ3) is 3.95. The van der Waals surface area contributed by atoms with E-state index in [0.29, 0.717) is 0 Å². The van der Waals surface area contributed by atoms with E-state index in [1.165, 1.54) is 13.0 Å². The molecular weight excluding hydrogens is 260 g/mol. The lowest BCUT2D eigenvalue weighted by molar-refractivity contribution is 0.243. The molecule has 0 radical (unpaired) electrons. The predicted molar refractivity (Wildman–Crippen MR) is 86.5 cm³/mol. The van der Waals surface area contributed by atoms with E-state index in [9.17, 15) is 5.26 Å². The molecule has 0 bridgehead atoms. The zero-order valence-electron chi connectivity index (χ0n) is 13.7. The van der Waals surface area contributed by atoms with Gasteiger partial charge >= 0.3 is 0 Å². The van der Waals surface area contributed by atoms with Crippen LogP contribution in [0.3, 0.4) is 0 Å². The lowest BCUT2D eigenvalue weighted by Gasteiger charge is -2.37. The summed E-state index contributed by atoms with van der Waals surface area (Å²) in [4.78, 5) is 9.27. The predicted octanol–water partition coefficient (Wildman–Crippen LogP) is 2.74. The molecule has 1 aromatic heterocycles. The summed E-state index contributed by atoms with van der Waals surface area (Å²) in [5.74, 6) is 0.763. The molecule has 1 fully saturated rings. The van der Waals surface area contributed by atoms with Crippen LogP contribution in [0.25, 0.3) is 0 Å². The molecule has 0 saturated carbocycles. The van der Waals surface area contributed by atoms with Crippen molar-refractivity contribution in [1.82, 2.24) is 9.88 Å². The Balaban J connectivity index is 2.04. The first-order valence-corrected chi connectivity index (χ1v) is 7.87. The summed E-state index contributed by atoms with van der Waals surface area (Å²) < 4.78 is 0. The van der Waals surface area contributed by atoms with Gasteiger partial charge in [0.25, 0.3) is 0 Å². The van der Waals surface area contributed by atoms with Crippen molar-refractivity contribution in [3.05, 3.63) is 23.0 Å².